The van der Waals surface area contributed by atoms with Crippen molar-refractivity contribution in [1.29, 1.82) is 0 Å². The van der Waals surface area contributed by atoms with Crippen LogP contribution in [0.15, 0.2) is 12.3 Å². The van der Waals surface area contributed by atoms with E-state index < -0.39 is 0 Å². The number of nitrogen functional groups attached to an aromatic ring is 1. The summed E-state index contributed by atoms with van der Waals surface area (Å²) in [6, 6.07) is 2.01. The number of aromatic nitrogens is 1. The van der Waals surface area contributed by atoms with Crippen molar-refractivity contribution in [2.75, 3.05) is 37.7 Å². The lowest BCUT2D eigenvalue weighted by Crippen LogP contribution is -2.16. The van der Waals surface area contributed by atoms with Gasteiger partial charge in [0.2, 0.25) is 0 Å². The Balaban J connectivity index is 1.76. The molecule has 0 spiro atoms. The molecule has 2 rings (SSSR count). The third-order valence-electron chi connectivity index (χ3n) is 3.50. The fourth-order valence-corrected chi connectivity index (χ4v) is 2.33. The van der Waals surface area contributed by atoms with Crippen LogP contribution < -0.4 is 11.1 Å². The molecular formula is C13H22N4. The maximum absolute atomic E-state index is 5.74. The number of pyridine rings is 1. The first-order chi connectivity index (χ1) is 8.15. The maximum atomic E-state index is 5.74. The third-order valence-corrected chi connectivity index (χ3v) is 3.50. The van der Waals surface area contributed by atoms with E-state index in [0.29, 0.717) is 0 Å². The lowest BCUT2D eigenvalue weighted by Gasteiger charge is -2.12. The summed E-state index contributed by atoms with van der Waals surface area (Å²) >= 11 is 0. The molecule has 0 radical (unpaired) electrons. The molecular weight excluding hydrogens is 212 g/mol. The Morgan fingerprint density at radius 1 is 1.59 bits per heavy atom. The van der Waals surface area contributed by atoms with Crippen LogP contribution in [0.1, 0.15) is 18.4 Å². The Bertz CT molecular complexity index is 378. The van der Waals surface area contributed by atoms with Crippen molar-refractivity contribution in [3.05, 3.63) is 17.8 Å². The molecule has 3 N–H and O–H groups in total. The molecule has 94 valence electrons. The molecule has 0 bridgehead atoms. The number of hydrogen-bond donors (Lipinski definition) is 2. The van der Waals surface area contributed by atoms with E-state index in [0.717, 1.165) is 29.5 Å². The summed E-state index contributed by atoms with van der Waals surface area (Å²) in [7, 11) is 2.19. The molecule has 1 saturated heterocycles. The zero-order chi connectivity index (χ0) is 12.3. The Kier molecular flexibility index (Phi) is 3.84. The van der Waals surface area contributed by atoms with Crippen molar-refractivity contribution in [2.24, 2.45) is 5.92 Å². The molecule has 0 saturated carbocycles. The van der Waals surface area contributed by atoms with Gasteiger partial charge in [-0.25, -0.2) is 4.98 Å². The summed E-state index contributed by atoms with van der Waals surface area (Å²) in [4.78, 5) is 6.67. The molecule has 4 nitrogen and oxygen atoms in total. The van der Waals surface area contributed by atoms with Crippen molar-refractivity contribution < 1.29 is 0 Å². The van der Waals surface area contributed by atoms with Crippen LogP contribution in [-0.2, 0) is 0 Å². The molecule has 4 heteroatoms. The largest absolute Gasteiger partial charge is 0.397 e. The first-order valence-corrected chi connectivity index (χ1v) is 6.29. The number of nitrogens with two attached hydrogens (primary N) is 1. The SMILES string of the molecule is Cc1cc(NCCC2CCN(C)C2)ncc1N. The Morgan fingerprint density at radius 2 is 2.41 bits per heavy atom. The Morgan fingerprint density at radius 3 is 3.06 bits per heavy atom. The zero-order valence-electron chi connectivity index (χ0n) is 10.7. The number of nitrogens with zero attached hydrogens (tertiary/aromatic N) is 2. The van der Waals surface area contributed by atoms with Gasteiger partial charge in [-0.1, -0.05) is 0 Å². The minimum atomic E-state index is 0.757. The highest BCUT2D eigenvalue weighted by Gasteiger charge is 2.18. The minimum Gasteiger partial charge on any atom is -0.397 e. The molecule has 1 aliphatic rings. The Labute approximate surface area is 103 Å². The number of nitrogens with one attached hydrogen (secondary N) is 1. The number of aryl methyl sites for hydroxylation is 1. The molecule has 1 fully saturated rings. The Hall–Kier alpha value is -1.29. The normalized spacial score (nSPS) is 20.7. The van der Waals surface area contributed by atoms with Crippen molar-refractivity contribution in [1.82, 2.24) is 9.88 Å². The van der Waals surface area contributed by atoms with Gasteiger partial charge >= 0.3 is 0 Å². The van der Waals surface area contributed by atoms with Crippen molar-refractivity contribution >= 4 is 11.5 Å². The highest BCUT2D eigenvalue weighted by Crippen LogP contribution is 2.18. The minimum absolute atomic E-state index is 0.757. The van der Waals surface area contributed by atoms with Crippen LogP contribution in [0.3, 0.4) is 0 Å². The smallest absolute Gasteiger partial charge is 0.126 e. The second-order valence-electron chi connectivity index (χ2n) is 5.06. The number of rotatable bonds is 4. The lowest BCUT2D eigenvalue weighted by molar-refractivity contribution is 0.390. The van der Waals surface area contributed by atoms with E-state index in [4.69, 9.17) is 5.73 Å². The molecule has 1 unspecified atom stereocenters. The predicted octanol–water partition coefficient (Wildman–Crippen LogP) is 1.73. The summed E-state index contributed by atoms with van der Waals surface area (Å²) in [6.45, 7) is 5.47. The van der Waals surface area contributed by atoms with Gasteiger partial charge < -0.3 is 16.0 Å². The van der Waals surface area contributed by atoms with Gasteiger partial charge in [0.15, 0.2) is 0 Å². The van der Waals surface area contributed by atoms with Crippen LogP contribution in [0.5, 0.6) is 0 Å². The average molecular weight is 234 g/mol. The fourth-order valence-electron chi connectivity index (χ4n) is 2.33. The summed E-state index contributed by atoms with van der Waals surface area (Å²) in [5.41, 5.74) is 7.58. The molecule has 0 amide bonds. The van der Waals surface area contributed by atoms with E-state index in [1.807, 2.05) is 13.0 Å². The van der Waals surface area contributed by atoms with E-state index in [9.17, 15) is 0 Å². The fraction of sp³-hybridized carbons (Fsp3) is 0.615. The molecule has 0 aromatic carbocycles. The van der Waals surface area contributed by atoms with Gasteiger partial charge in [0, 0.05) is 13.1 Å². The van der Waals surface area contributed by atoms with Gasteiger partial charge in [-0.2, -0.15) is 0 Å². The molecule has 2 heterocycles. The molecule has 17 heavy (non-hydrogen) atoms. The monoisotopic (exact) mass is 234 g/mol. The second kappa shape index (κ2) is 5.36. The zero-order valence-corrected chi connectivity index (χ0v) is 10.7. The van der Waals surface area contributed by atoms with Crippen LogP contribution in [0, 0.1) is 12.8 Å². The highest BCUT2D eigenvalue weighted by atomic mass is 15.1. The van der Waals surface area contributed by atoms with Gasteiger partial charge in [-0.15, -0.1) is 0 Å². The van der Waals surface area contributed by atoms with Crippen LogP contribution in [0.25, 0.3) is 0 Å². The van der Waals surface area contributed by atoms with E-state index in [1.165, 1.54) is 25.9 Å². The highest BCUT2D eigenvalue weighted by molar-refractivity contribution is 5.50. The van der Waals surface area contributed by atoms with Crippen LogP contribution >= 0.6 is 0 Å². The standard InChI is InChI=1S/C13H22N4/c1-10-7-13(16-8-12(10)14)15-5-3-11-4-6-17(2)9-11/h7-8,11H,3-6,9,14H2,1-2H3,(H,15,16). The number of hydrogen-bond acceptors (Lipinski definition) is 4. The van der Waals surface area contributed by atoms with Crippen LogP contribution in [0.4, 0.5) is 11.5 Å². The summed E-state index contributed by atoms with van der Waals surface area (Å²) in [5.74, 6) is 1.77. The van der Waals surface area contributed by atoms with Crippen molar-refractivity contribution in [3.8, 4) is 0 Å². The quantitative estimate of drug-likeness (QED) is 0.833. The third kappa shape index (κ3) is 3.33. The van der Waals surface area contributed by atoms with Crippen molar-refractivity contribution in [3.63, 3.8) is 0 Å². The number of likely N-dealkylation sites (tertiary alicyclic amines) is 1. The average Bonchev–Trinajstić information content (AvgIpc) is 2.70. The lowest BCUT2D eigenvalue weighted by atomic mass is 10.1. The number of anilines is 2. The second-order valence-corrected chi connectivity index (χ2v) is 5.06. The van der Waals surface area contributed by atoms with Crippen LogP contribution in [0.2, 0.25) is 0 Å². The van der Waals surface area contributed by atoms with Gasteiger partial charge in [0.25, 0.3) is 0 Å². The van der Waals surface area contributed by atoms with Gasteiger partial charge in [-0.3, -0.25) is 0 Å². The van der Waals surface area contributed by atoms with Crippen molar-refractivity contribution in [2.45, 2.75) is 19.8 Å². The molecule has 1 aliphatic heterocycles. The predicted molar refractivity (Wildman–Crippen MR) is 72.1 cm³/mol. The van der Waals surface area contributed by atoms with Gasteiger partial charge in [-0.05, 0) is 50.9 Å². The first kappa shape index (κ1) is 12.2. The topological polar surface area (TPSA) is 54.2 Å². The molecule has 1 aromatic heterocycles. The van der Waals surface area contributed by atoms with Gasteiger partial charge in [0.1, 0.15) is 5.82 Å². The summed E-state index contributed by atoms with van der Waals surface area (Å²) < 4.78 is 0. The maximum Gasteiger partial charge on any atom is 0.126 e. The molecule has 1 atom stereocenters. The summed E-state index contributed by atoms with van der Waals surface area (Å²) in [5, 5.41) is 3.37. The first-order valence-electron chi connectivity index (χ1n) is 6.29. The van der Waals surface area contributed by atoms with E-state index in [1.54, 1.807) is 6.20 Å². The molecule has 1 aromatic rings. The van der Waals surface area contributed by atoms with E-state index in [-0.39, 0.29) is 0 Å². The van der Waals surface area contributed by atoms with E-state index in [2.05, 4.69) is 22.2 Å². The van der Waals surface area contributed by atoms with E-state index >= 15 is 0 Å². The molecule has 0 aliphatic carbocycles. The summed E-state index contributed by atoms with van der Waals surface area (Å²) in [6.07, 6.45) is 4.27. The van der Waals surface area contributed by atoms with Crippen LogP contribution in [-0.4, -0.2) is 36.6 Å². The van der Waals surface area contributed by atoms with Gasteiger partial charge in [0.05, 0.1) is 11.9 Å².